The van der Waals surface area contributed by atoms with Crippen LogP contribution in [0.15, 0.2) is 36.5 Å². The highest BCUT2D eigenvalue weighted by molar-refractivity contribution is 9.09. The molecule has 12 aliphatic rings. The van der Waals surface area contributed by atoms with Gasteiger partial charge in [0.2, 0.25) is 0 Å². The molecule has 0 aliphatic heterocycles. The molecule has 5 heteroatoms. The second-order valence-electron chi connectivity index (χ2n) is 32.1. The lowest BCUT2D eigenvalue weighted by atomic mass is 9.47. The average molecular weight is 1090 g/mol. The first-order valence-corrected chi connectivity index (χ1v) is 33.2. The van der Waals surface area contributed by atoms with Crippen molar-refractivity contribution in [2.45, 2.75) is 240 Å². The Bertz CT molecular complexity index is 1960. The van der Waals surface area contributed by atoms with Crippen LogP contribution in [-0.2, 0) is 0 Å². The van der Waals surface area contributed by atoms with E-state index >= 15 is 0 Å². The zero-order valence-corrected chi connectivity index (χ0v) is 50.9. The van der Waals surface area contributed by atoms with Crippen LogP contribution in [0, 0.1) is 141 Å². The highest BCUT2D eigenvalue weighted by Crippen LogP contribution is 2.70. The van der Waals surface area contributed by atoms with Crippen molar-refractivity contribution in [1.29, 1.82) is 0 Å². The Morgan fingerprint density at radius 2 is 0.689 bits per heavy atom. The van der Waals surface area contributed by atoms with Gasteiger partial charge in [0.15, 0.2) is 0 Å². The van der Waals surface area contributed by atoms with Crippen LogP contribution in [0.5, 0.6) is 0 Å². The molecular weight excluding hydrogens is 973 g/mol. The van der Waals surface area contributed by atoms with Crippen LogP contribution in [0.4, 0.5) is 0 Å². The molecular formula is C69H113BrO4. The minimum Gasteiger partial charge on any atom is -0.392 e. The van der Waals surface area contributed by atoms with Crippen molar-refractivity contribution in [2.24, 2.45) is 141 Å². The first-order valence-electron chi connectivity index (χ1n) is 32.1. The smallest absolute Gasteiger partial charge is 0.0642 e. The zero-order chi connectivity index (χ0) is 53.2. The summed E-state index contributed by atoms with van der Waals surface area (Å²) >= 11 is 3.68. The van der Waals surface area contributed by atoms with Crippen molar-refractivity contribution in [3.63, 3.8) is 0 Å². The Labute approximate surface area is 462 Å². The second kappa shape index (κ2) is 20.8. The minimum absolute atomic E-state index is 0.164. The van der Waals surface area contributed by atoms with E-state index in [4.69, 9.17) is 0 Å². The Hall–Kier alpha value is -0.460. The molecule has 12 rings (SSSR count). The van der Waals surface area contributed by atoms with Crippen molar-refractivity contribution < 1.29 is 20.4 Å². The molecule has 0 unspecified atom stereocenters. The number of rotatable bonds is 5. The van der Waals surface area contributed by atoms with Gasteiger partial charge in [0.1, 0.15) is 0 Å². The fraction of sp³-hybridized carbons (Fsp3) is 0.913. The van der Waals surface area contributed by atoms with Gasteiger partial charge >= 0.3 is 0 Å². The number of aliphatic hydroxyl groups excluding tert-OH is 1. The van der Waals surface area contributed by atoms with Gasteiger partial charge in [-0.1, -0.05) is 88.4 Å². The molecule has 27 atom stereocenters. The summed E-state index contributed by atoms with van der Waals surface area (Å²) in [4.78, 5) is 0. The summed E-state index contributed by atoms with van der Waals surface area (Å²) in [7, 11) is 0. The van der Waals surface area contributed by atoms with Gasteiger partial charge in [0.05, 0.1) is 23.4 Å². The topological polar surface area (TPSA) is 80.9 Å². The fourth-order valence-electron chi connectivity index (χ4n) is 24.6. The summed E-state index contributed by atoms with van der Waals surface area (Å²) in [6.07, 6.45) is 30.7. The van der Waals surface area contributed by atoms with E-state index in [1.165, 1.54) is 127 Å². The Morgan fingerprint density at radius 3 is 1.00 bits per heavy atom. The van der Waals surface area contributed by atoms with Crippen molar-refractivity contribution in [2.75, 3.05) is 11.9 Å². The molecule has 12 fully saturated rings. The Morgan fingerprint density at radius 1 is 0.405 bits per heavy atom. The number of allylic oxidation sites excluding steroid dienone is 2. The van der Waals surface area contributed by atoms with E-state index < -0.39 is 16.8 Å². The van der Waals surface area contributed by atoms with E-state index in [1.807, 2.05) is 0 Å². The maximum Gasteiger partial charge on any atom is 0.0642 e. The van der Waals surface area contributed by atoms with Crippen LogP contribution in [0.3, 0.4) is 0 Å². The van der Waals surface area contributed by atoms with E-state index in [0.717, 1.165) is 168 Å². The van der Waals surface area contributed by atoms with Crippen molar-refractivity contribution in [3.05, 3.63) is 36.5 Å². The lowest BCUT2D eigenvalue weighted by Crippen LogP contribution is -2.52. The summed E-state index contributed by atoms with van der Waals surface area (Å²) in [5, 5.41) is 42.5. The summed E-state index contributed by atoms with van der Waals surface area (Å²) in [6.45, 7) is 36.8. The van der Waals surface area contributed by atoms with Crippen LogP contribution >= 0.6 is 15.9 Å². The molecule has 0 heterocycles. The third kappa shape index (κ3) is 9.91. The van der Waals surface area contributed by atoms with Gasteiger partial charge in [-0.3, -0.25) is 0 Å². The normalized spacial score (nSPS) is 55.7. The lowest BCUT2D eigenvalue weighted by molar-refractivity contribution is -0.117. The fourth-order valence-corrected chi connectivity index (χ4v) is 24.9. The maximum atomic E-state index is 10.6. The molecule has 12 saturated carbocycles. The largest absolute Gasteiger partial charge is 0.392 e. The van der Waals surface area contributed by atoms with Gasteiger partial charge < -0.3 is 20.4 Å². The van der Waals surface area contributed by atoms with Crippen molar-refractivity contribution >= 4 is 15.9 Å². The number of halogens is 1. The third-order valence-electron chi connectivity index (χ3n) is 27.9. The van der Waals surface area contributed by atoms with Crippen molar-refractivity contribution in [1.82, 2.24) is 0 Å². The minimum atomic E-state index is -0.428. The number of alkyl halides is 1. The molecule has 0 radical (unpaired) electrons. The number of aliphatic hydroxyl groups is 4. The molecule has 420 valence electrons. The van der Waals surface area contributed by atoms with Gasteiger partial charge in [0.25, 0.3) is 0 Å². The van der Waals surface area contributed by atoms with E-state index in [-0.39, 0.29) is 6.61 Å². The summed E-state index contributed by atoms with van der Waals surface area (Å²) in [5.74, 6) is 17.5. The number of fused-ring (bicyclic) bond motifs is 15. The summed E-state index contributed by atoms with van der Waals surface area (Å²) in [5.41, 5.74) is 4.13. The Balaban J connectivity index is 0.000000127. The number of hydrogen-bond acceptors (Lipinski definition) is 4. The van der Waals surface area contributed by atoms with Gasteiger partial charge in [-0.05, 0) is 328 Å². The average Bonchev–Trinajstić information content (AvgIpc) is 4.01. The predicted octanol–water partition coefficient (Wildman–Crippen LogP) is 16.8. The molecule has 4 nitrogen and oxygen atoms in total. The van der Waals surface area contributed by atoms with E-state index in [1.54, 1.807) is 0 Å². The molecule has 12 aliphatic carbocycles. The number of hydrogen-bond donors (Lipinski definition) is 4. The van der Waals surface area contributed by atoms with E-state index in [9.17, 15) is 20.4 Å². The third-order valence-corrected chi connectivity index (χ3v) is 28.7. The van der Waals surface area contributed by atoms with Crippen LogP contribution in [0.2, 0.25) is 0 Å². The molecule has 74 heavy (non-hydrogen) atoms. The summed E-state index contributed by atoms with van der Waals surface area (Å²) < 4.78 is 0. The van der Waals surface area contributed by atoms with E-state index in [2.05, 4.69) is 105 Å². The quantitative estimate of drug-likeness (QED) is 0.163. The van der Waals surface area contributed by atoms with E-state index in [0.29, 0.717) is 22.2 Å². The molecule has 0 bridgehead atoms. The van der Waals surface area contributed by atoms with Crippen LogP contribution < -0.4 is 0 Å². The first kappa shape index (κ1) is 56.8. The lowest BCUT2D eigenvalue weighted by Gasteiger charge is -2.59. The predicted molar refractivity (Wildman–Crippen MR) is 311 cm³/mol. The maximum absolute atomic E-state index is 10.6. The molecule has 0 saturated heterocycles. The van der Waals surface area contributed by atoms with Crippen molar-refractivity contribution in [3.8, 4) is 0 Å². The van der Waals surface area contributed by atoms with Gasteiger partial charge in [-0.25, -0.2) is 0 Å². The monoisotopic (exact) mass is 1080 g/mol. The highest BCUT2D eigenvalue weighted by Gasteiger charge is 2.62. The molecule has 0 aromatic carbocycles. The van der Waals surface area contributed by atoms with Crippen LogP contribution in [-0.4, -0.2) is 49.2 Å². The van der Waals surface area contributed by atoms with Gasteiger partial charge in [-0.15, -0.1) is 0 Å². The van der Waals surface area contributed by atoms with Crippen LogP contribution in [0.1, 0.15) is 223 Å². The zero-order valence-electron chi connectivity index (χ0n) is 49.3. The van der Waals surface area contributed by atoms with Gasteiger partial charge in [0, 0.05) is 5.33 Å². The molecule has 0 aromatic heterocycles. The molecule has 0 spiro atoms. The molecule has 4 N–H and O–H groups in total. The highest BCUT2D eigenvalue weighted by atomic mass is 79.9. The van der Waals surface area contributed by atoms with Gasteiger partial charge in [-0.2, -0.15) is 0 Å². The Kier molecular flexibility index (Phi) is 16.0. The second-order valence-corrected chi connectivity index (χ2v) is 32.7. The first-order chi connectivity index (χ1) is 34.8. The standard InChI is InChI=1S/C23H37BrO.C23H38O2.C23H38O/c2*1-14-11-18-16(17-7-9-22(3,25)12-19(14)17)8-10-23(4)20(15(2)13-24)5-6-21(18)23;1-14(2)20-6-7-21-18-12-15(3)19-13-22(4,24)10-8-17(19)16(18)9-11-23(20,21)5/h14,16-21,25H,2,5-13H2,1,3-4H3;14,16-21,24-25H,2,5-13H2,1,3-4H3;15-21,24H,1,6-13H2,2-5H3/t2*14-,16-,17-,18-,19-,20-,21+,22-,23-;15-,16-,17-,18-,19-,20-,21+,22-,23-/m111/s1. The SMILES string of the molecule is C=C(C)[C@H]1CC[C@H]2[C@@H]3C[C@@H](C)[C@H]4C[C@](C)(O)CC[C@@H]4[C@H]3CC[C@]12C.C=C(CBr)[C@H]1CC[C@H]2[C@@H]3C[C@@H](C)[C@H]4C[C@](C)(O)CC[C@@H]4[C@H]3CC[C@]12C.C=C(CO)[C@H]1CC[C@H]2[C@@H]3C[C@@H](C)[C@H]4C[C@](C)(O)CC[C@@H]4[C@H]3CC[C@]12C. The van der Waals surface area contributed by atoms with Crippen LogP contribution in [0.25, 0.3) is 0 Å². The molecule has 0 amide bonds. The summed E-state index contributed by atoms with van der Waals surface area (Å²) in [6, 6.07) is 0. The molecule has 0 aromatic rings.